The van der Waals surface area contributed by atoms with Crippen LogP contribution in [0.2, 0.25) is 5.02 Å². The molecule has 0 spiro atoms. The summed E-state index contributed by atoms with van der Waals surface area (Å²) >= 11 is 7.45. The van der Waals surface area contributed by atoms with Crippen LogP contribution in [-0.4, -0.2) is 41.1 Å². The van der Waals surface area contributed by atoms with Crippen molar-refractivity contribution in [1.29, 1.82) is 0 Å². The number of rotatable bonds is 8. The number of thioether (sulfide) groups is 1. The van der Waals surface area contributed by atoms with E-state index in [0.717, 1.165) is 17.1 Å². The highest BCUT2D eigenvalue weighted by Gasteiger charge is 2.09. The molecule has 1 aromatic rings. The minimum atomic E-state index is -0.559. The third-order valence-electron chi connectivity index (χ3n) is 2.44. The predicted octanol–water partition coefficient (Wildman–Crippen LogP) is 1.68. The average Bonchev–Trinajstić information content (AvgIpc) is 2.43. The smallest absolute Gasteiger partial charge is 0.220 e. The van der Waals surface area contributed by atoms with Crippen LogP contribution in [0.15, 0.2) is 29.2 Å². The van der Waals surface area contributed by atoms with E-state index in [2.05, 4.69) is 5.32 Å². The van der Waals surface area contributed by atoms with Crippen molar-refractivity contribution in [3.8, 4) is 0 Å². The summed E-state index contributed by atoms with van der Waals surface area (Å²) in [4.78, 5) is 12.6. The van der Waals surface area contributed by atoms with E-state index < -0.39 is 6.04 Å². The molecule has 0 radical (unpaired) electrons. The van der Waals surface area contributed by atoms with E-state index in [4.69, 9.17) is 21.8 Å². The van der Waals surface area contributed by atoms with Crippen molar-refractivity contribution in [1.82, 2.24) is 5.32 Å². The molecule has 0 aliphatic carbocycles. The first-order valence-electron chi connectivity index (χ1n) is 6.05. The number of aliphatic hydroxyl groups excluding tert-OH is 2. The van der Waals surface area contributed by atoms with Gasteiger partial charge in [-0.05, 0) is 36.4 Å². The molecule has 0 aromatic heterocycles. The molecule has 0 fully saturated rings. The van der Waals surface area contributed by atoms with Gasteiger partial charge in [-0.2, -0.15) is 0 Å². The van der Waals surface area contributed by atoms with Gasteiger partial charge in [-0.15, -0.1) is 11.8 Å². The summed E-state index contributed by atoms with van der Waals surface area (Å²) in [5, 5.41) is 20.9. The zero-order valence-electron chi connectivity index (χ0n) is 10.5. The fourth-order valence-electron chi connectivity index (χ4n) is 1.40. The maximum Gasteiger partial charge on any atom is 0.220 e. The van der Waals surface area contributed by atoms with Crippen LogP contribution in [0.25, 0.3) is 0 Å². The Balaban J connectivity index is 2.16. The van der Waals surface area contributed by atoms with Crippen LogP contribution >= 0.6 is 23.4 Å². The van der Waals surface area contributed by atoms with Crippen LogP contribution in [-0.2, 0) is 4.79 Å². The summed E-state index contributed by atoms with van der Waals surface area (Å²) in [6.07, 6.45) is 1.12. The lowest BCUT2D eigenvalue weighted by Crippen LogP contribution is -2.39. The van der Waals surface area contributed by atoms with Gasteiger partial charge >= 0.3 is 0 Å². The Morgan fingerprint density at radius 3 is 2.47 bits per heavy atom. The van der Waals surface area contributed by atoms with Gasteiger partial charge in [-0.3, -0.25) is 4.79 Å². The van der Waals surface area contributed by atoms with Gasteiger partial charge in [0.25, 0.3) is 0 Å². The molecule has 19 heavy (non-hydrogen) atoms. The van der Waals surface area contributed by atoms with Crippen LogP contribution in [0, 0.1) is 0 Å². The number of carbonyl (C=O) groups excluding carboxylic acids is 1. The normalized spacial score (nSPS) is 10.7. The number of hydrogen-bond donors (Lipinski definition) is 3. The van der Waals surface area contributed by atoms with Gasteiger partial charge in [0, 0.05) is 16.3 Å². The third kappa shape index (κ3) is 6.82. The average molecular weight is 304 g/mol. The van der Waals surface area contributed by atoms with Crippen molar-refractivity contribution in [2.24, 2.45) is 0 Å². The number of benzene rings is 1. The summed E-state index contributed by atoms with van der Waals surface area (Å²) in [7, 11) is 0. The van der Waals surface area contributed by atoms with Crippen molar-refractivity contribution < 1.29 is 15.0 Å². The van der Waals surface area contributed by atoms with Gasteiger partial charge in [0.1, 0.15) is 0 Å². The number of aliphatic hydroxyl groups is 2. The molecular formula is C13H18ClNO3S. The van der Waals surface area contributed by atoms with Crippen LogP contribution in [0.1, 0.15) is 12.8 Å². The Morgan fingerprint density at radius 2 is 1.89 bits per heavy atom. The van der Waals surface area contributed by atoms with Crippen molar-refractivity contribution in [2.45, 2.75) is 23.8 Å². The Hall–Kier alpha value is -0.750. The second-order valence-corrected chi connectivity index (χ2v) is 5.64. The lowest BCUT2D eigenvalue weighted by Gasteiger charge is -2.12. The predicted molar refractivity (Wildman–Crippen MR) is 77.5 cm³/mol. The second-order valence-electron chi connectivity index (χ2n) is 4.04. The molecule has 106 valence electrons. The van der Waals surface area contributed by atoms with Gasteiger partial charge in [0.05, 0.1) is 19.3 Å². The van der Waals surface area contributed by atoms with Gasteiger partial charge < -0.3 is 15.5 Å². The van der Waals surface area contributed by atoms with E-state index in [9.17, 15) is 4.79 Å². The minimum absolute atomic E-state index is 0.148. The molecule has 0 bridgehead atoms. The van der Waals surface area contributed by atoms with Crippen molar-refractivity contribution in [3.63, 3.8) is 0 Å². The zero-order chi connectivity index (χ0) is 14.1. The van der Waals surface area contributed by atoms with Crippen LogP contribution in [0.3, 0.4) is 0 Å². The largest absolute Gasteiger partial charge is 0.394 e. The summed E-state index contributed by atoms with van der Waals surface area (Å²) < 4.78 is 0. The number of hydrogen-bond acceptors (Lipinski definition) is 4. The lowest BCUT2D eigenvalue weighted by atomic mass is 10.3. The topological polar surface area (TPSA) is 69.6 Å². The lowest BCUT2D eigenvalue weighted by molar-refractivity contribution is -0.122. The van der Waals surface area contributed by atoms with E-state index in [1.807, 2.05) is 24.3 Å². The van der Waals surface area contributed by atoms with Crippen molar-refractivity contribution in [3.05, 3.63) is 29.3 Å². The molecule has 0 aliphatic rings. The van der Waals surface area contributed by atoms with E-state index in [0.29, 0.717) is 11.4 Å². The molecule has 0 saturated heterocycles. The zero-order valence-corrected chi connectivity index (χ0v) is 12.1. The number of halogens is 1. The minimum Gasteiger partial charge on any atom is -0.394 e. The summed E-state index contributed by atoms with van der Waals surface area (Å²) in [5.41, 5.74) is 0. The van der Waals surface area contributed by atoms with E-state index in [1.165, 1.54) is 0 Å². The molecule has 0 unspecified atom stereocenters. The maximum atomic E-state index is 11.5. The van der Waals surface area contributed by atoms with Gasteiger partial charge in [0.2, 0.25) is 5.91 Å². The molecule has 0 aliphatic heterocycles. The third-order valence-corrected chi connectivity index (χ3v) is 3.79. The Bertz CT molecular complexity index is 382. The summed E-state index contributed by atoms with van der Waals surface area (Å²) in [6.45, 7) is -0.496. The number of amides is 1. The molecule has 1 aromatic carbocycles. The first-order chi connectivity index (χ1) is 9.15. The molecule has 3 N–H and O–H groups in total. The molecule has 0 atom stereocenters. The standard InChI is InChI=1S/C13H18ClNO3S/c14-10-3-5-12(6-4-10)19-7-1-2-13(18)15-11(8-16)9-17/h3-6,11,16-17H,1-2,7-9H2,(H,15,18). The SMILES string of the molecule is O=C(CCCSc1ccc(Cl)cc1)NC(CO)CO. The Kier molecular flexibility index (Phi) is 7.90. The number of nitrogens with one attached hydrogen (secondary N) is 1. The second kappa shape index (κ2) is 9.20. The molecule has 4 nitrogen and oxygen atoms in total. The monoisotopic (exact) mass is 303 g/mol. The summed E-state index contributed by atoms with van der Waals surface area (Å²) in [5.74, 6) is 0.683. The number of carbonyl (C=O) groups is 1. The maximum absolute atomic E-state index is 11.5. The fourth-order valence-corrected chi connectivity index (χ4v) is 2.38. The highest BCUT2D eigenvalue weighted by Crippen LogP contribution is 2.21. The van der Waals surface area contributed by atoms with E-state index in [-0.39, 0.29) is 19.1 Å². The Morgan fingerprint density at radius 1 is 1.26 bits per heavy atom. The van der Waals surface area contributed by atoms with Gasteiger partial charge in [0.15, 0.2) is 0 Å². The Labute approximate surface area is 122 Å². The summed E-state index contributed by atoms with van der Waals surface area (Å²) in [6, 6.07) is 7.01. The highest BCUT2D eigenvalue weighted by atomic mass is 35.5. The molecule has 1 amide bonds. The van der Waals surface area contributed by atoms with Crippen molar-refractivity contribution in [2.75, 3.05) is 19.0 Å². The van der Waals surface area contributed by atoms with Crippen molar-refractivity contribution >= 4 is 29.3 Å². The highest BCUT2D eigenvalue weighted by molar-refractivity contribution is 7.99. The molecule has 1 rings (SSSR count). The quantitative estimate of drug-likeness (QED) is 0.505. The first-order valence-corrected chi connectivity index (χ1v) is 7.41. The van der Waals surface area contributed by atoms with Crippen LogP contribution < -0.4 is 5.32 Å². The van der Waals surface area contributed by atoms with E-state index >= 15 is 0 Å². The van der Waals surface area contributed by atoms with E-state index in [1.54, 1.807) is 11.8 Å². The molecule has 6 heteroatoms. The first kappa shape index (κ1) is 16.3. The van der Waals surface area contributed by atoms with Gasteiger partial charge in [-0.1, -0.05) is 11.6 Å². The molecule has 0 heterocycles. The molecule has 0 saturated carbocycles. The van der Waals surface area contributed by atoms with Gasteiger partial charge in [-0.25, -0.2) is 0 Å². The fraction of sp³-hybridized carbons (Fsp3) is 0.462. The van der Waals surface area contributed by atoms with Crippen LogP contribution in [0.5, 0.6) is 0 Å². The van der Waals surface area contributed by atoms with Crippen LogP contribution in [0.4, 0.5) is 0 Å². The molecular weight excluding hydrogens is 286 g/mol.